The van der Waals surface area contributed by atoms with Crippen molar-refractivity contribution < 1.29 is 0 Å². The summed E-state index contributed by atoms with van der Waals surface area (Å²) in [6.07, 6.45) is 0. The fraction of sp³-hybridized carbons (Fsp3) is 0. The van der Waals surface area contributed by atoms with E-state index < -0.39 is 0 Å². The Balaban J connectivity index is 1.11. The first-order chi connectivity index (χ1) is 27.2. The van der Waals surface area contributed by atoms with Crippen LogP contribution in [0.4, 0.5) is 5.69 Å². The zero-order valence-corrected chi connectivity index (χ0v) is 29.5. The van der Waals surface area contributed by atoms with Crippen LogP contribution in [0.5, 0.6) is 0 Å². The summed E-state index contributed by atoms with van der Waals surface area (Å²) in [6.45, 7) is 8.38. The number of nitrogens with zero attached hydrogens (tertiary/aromatic N) is 5. The summed E-state index contributed by atoms with van der Waals surface area (Å²) in [7, 11) is 0. The molecule has 0 bridgehead atoms. The molecule has 11 aromatic rings. The maximum atomic E-state index is 9.91. The van der Waals surface area contributed by atoms with Gasteiger partial charge in [0, 0.05) is 43.7 Å². The Morgan fingerprint density at radius 2 is 0.964 bits per heavy atom. The first-order valence-corrected chi connectivity index (χ1v) is 18.3. The predicted octanol–water partition coefficient (Wildman–Crippen LogP) is 13.1. The van der Waals surface area contributed by atoms with E-state index in [1.54, 1.807) is 0 Å². The van der Waals surface area contributed by atoms with Gasteiger partial charge in [0.15, 0.2) is 5.69 Å². The summed E-state index contributed by atoms with van der Waals surface area (Å²) >= 11 is 0. The SMILES string of the molecule is [C-]#[N+]c1cc(-n2c3ccc(C#N)cc3c3cccc(-n4c5ccccc5c5ccccc54)c32)ccc1-c1ccc(-n2c3ccccc3c3ccccc32)cc1. The number of fused-ring (bicyclic) bond motifs is 9. The minimum Gasteiger partial charge on any atom is -0.309 e. The molecule has 55 heavy (non-hydrogen) atoms. The standard InChI is InChI=1S/C50H29N5/c1-52-43-30-35(26-27-36(43)33-22-24-34(25-23-33)53-44-16-6-2-11-37(44)38-12-3-7-17-45(38)53)54-48-28-21-32(31-51)29-42(48)41-15-10-20-49(50(41)54)55-46-18-8-4-13-39(46)40-14-5-9-19-47(40)55/h2-30H. The van der Waals surface area contributed by atoms with Gasteiger partial charge in [0.1, 0.15) is 0 Å². The van der Waals surface area contributed by atoms with Crippen LogP contribution in [0.2, 0.25) is 0 Å². The summed E-state index contributed by atoms with van der Waals surface area (Å²) in [4.78, 5) is 4.10. The molecule has 254 valence electrons. The lowest BCUT2D eigenvalue weighted by molar-refractivity contribution is 1.13. The summed E-state index contributed by atoms with van der Waals surface area (Å²) in [5.41, 5.74) is 12.6. The molecule has 0 saturated carbocycles. The lowest BCUT2D eigenvalue weighted by Crippen LogP contribution is -2.00. The maximum absolute atomic E-state index is 9.91. The van der Waals surface area contributed by atoms with Crippen LogP contribution in [-0.4, -0.2) is 13.7 Å². The van der Waals surface area contributed by atoms with Gasteiger partial charge in [-0.3, -0.25) is 0 Å². The third kappa shape index (κ3) is 4.45. The van der Waals surface area contributed by atoms with Gasteiger partial charge in [-0.25, -0.2) is 4.85 Å². The first-order valence-electron chi connectivity index (χ1n) is 18.3. The Hall–Kier alpha value is -7.86. The molecule has 0 aliphatic heterocycles. The highest BCUT2D eigenvalue weighted by Crippen LogP contribution is 2.42. The van der Waals surface area contributed by atoms with Crippen molar-refractivity contribution in [3.63, 3.8) is 0 Å². The van der Waals surface area contributed by atoms with Gasteiger partial charge < -0.3 is 13.7 Å². The lowest BCUT2D eigenvalue weighted by atomic mass is 10.0. The number of hydrogen-bond acceptors (Lipinski definition) is 1. The molecule has 0 fully saturated rings. The van der Waals surface area contributed by atoms with E-state index in [4.69, 9.17) is 6.57 Å². The van der Waals surface area contributed by atoms with Gasteiger partial charge in [0.2, 0.25) is 0 Å². The molecule has 0 radical (unpaired) electrons. The van der Waals surface area contributed by atoms with Crippen molar-refractivity contribution in [1.29, 1.82) is 5.26 Å². The Morgan fingerprint density at radius 3 is 1.55 bits per heavy atom. The predicted molar refractivity (Wildman–Crippen MR) is 226 cm³/mol. The van der Waals surface area contributed by atoms with Gasteiger partial charge in [-0.15, -0.1) is 0 Å². The highest BCUT2D eigenvalue weighted by atomic mass is 15.1. The van der Waals surface area contributed by atoms with Crippen LogP contribution in [0.1, 0.15) is 5.56 Å². The Labute approximate surface area is 316 Å². The molecule has 8 aromatic carbocycles. The Kier molecular flexibility index (Phi) is 6.61. The van der Waals surface area contributed by atoms with E-state index in [-0.39, 0.29) is 0 Å². The van der Waals surface area contributed by atoms with Crippen LogP contribution in [0.25, 0.3) is 98.5 Å². The molecule has 11 rings (SSSR count). The normalized spacial score (nSPS) is 11.6. The number of benzene rings is 8. The molecule has 5 nitrogen and oxygen atoms in total. The largest absolute Gasteiger partial charge is 0.309 e. The highest BCUT2D eigenvalue weighted by molar-refractivity contribution is 6.15. The van der Waals surface area contributed by atoms with Crippen molar-refractivity contribution in [3.8, 4) is 34.3 Å². The Morgan fingerprint density at radius 1 is 0.436 bits per heavy atom. The molecule has 5 heteroatoms. The summed E-state index contributed by atoms with van der Waals surface area (Å²) in [5.74, 6) is 0. The van der Waals surface area contributed by atoms with E-state index in [1.807, 2.05) is 24.3 Å². The first kappa shape index (κ1) is 30.7. The van der Waals surface area contributed by atoms with Crippen molar-refractivity contribution in [3.05, 3.63) is 193 Å². The summed E-state index contributed by atoms with van der Waals surface area (Å²) < 4.78 is 6.91. The molecule has 0 spiro atoms. The van der Waals surface area contributed by atoms with Gasteiger partial charge in [-0.05, 0) is 83.9 Å². The van der Waals surface area contributed by atoms with Crippen LogP contribution >= 0.6 is 0 Å². The molecule has 0 aliphatic carbocycles. The fourth-order valence-electron chi connectivity index (χ4n) is 8.74. The average Bonchev–Trinajstić information content (AvgIpc) is 3.89. The molecular formula is C50H29N5. The minimum atomic E-state index is 0.570. The van der Waals surface area contributed by atoms with Crippen molar-refractivity contribution in [2.45, 2.75) is 0 Å². The van der Waals surface area contributed by atoms with Gasteiger partial charge in [-0.2, -0.15) is 5.26 Å². The van der Waals surface area contributed by atoms with E-state index in [0.29, 0.717) is 11.3 Å². The molecule has 0 unspecified atom stereocenters. The van der Waals surface area contributed by atoms with Crippen LogP contribution in [-0.2, 0) is 0 Å². The molecule has 3 heterocycles. The van der Waals surface area contributed by atoms with Crippen molar-refractivity contribution in [2.24, 2.45) is 0 Å². The number of rotatable bonds is 4. The smallest absolute Gasteiger partial charge is 0.196 e. The van der Waals surface area contributed by atoms with Crippen molar-refractivity contribution in [1.82, 2.24) is 13.7 Å². The zero-order valence-electron chi connectivity index (χ0n) is 29.5. The van der Waals surface area contributed by atoms with E-state index in [9.17, 15) is 5.26 Å². The second kappa shape index (κ2) is 11.8. The van der Waals surface area contributed by atoms with Crippen molar-refractivity contribution in [2.75, 3.05) is 0 Å². The Bertz CT molecular complexity index is 3350. The minimum absolute atomic E-state index is 0.570. The lowest BCUT2D eigenvalue weighted by Gasteiger charge is -2.16. The summed E-state index contributed by atoms with van der Waals surface area (Å²) in [5, 5.41) is 16.8. The van der Waals surface area contributed by atoms with E-state index in [0.717, 1.165) is 72.1 Å². The quantitative estimate of drug-likeness (QED) is 0.169. The van der Waals surface area contributed by atoms with Crippen molar-refractivity contribution >= 4 is 71.1 Å². The fourth-order valence-corrected chi connectivity index (χ4v) is 8.74. The van der Waals surface area contributed by atoms with Gasteiger partial charge in [0.25, 0.3) is 0 Å². The topological polar surface area (TPSA) is 42.9 Å². The monoisotopic (exact) mass is 699 g/mol. The van der Waals surface area contributed by atoms with Crippen LogP contribution in [0.15, 0.2) is 176 Å². The third-order valence-electron chi connectivity index (χ3n) is 11.1. The second-order valence-corrected chi connectivity index (χ2v) is 14.0. The maximum Gasteiger partial charge on any atom is 0.196 e. The summed E-state index contributed by atoms with van der Waals surface area (Å²) in [6, 6.07) is 63.4. The average molecular weight is 700 g/mol. The second-order valence-electron chi connectivity index (χ2n) is 14.0. The number of hydrogen-bond donors (Lipinski definition) is 0. The van der Waals surface area contributed by atoms with E-state index in [1.165, 1.54) is 21.5 Å². The van der Waals surface area contributed by atoms with E-state index >= 15 is 0 Å². The van der Waals surface area contributed by atoms with Crippen LogP contribution < -0.4 is 0 Å². The number of aromatic nitrogens is 3. The van der Waals surface area contributed by atoms with Crippen LogP contribution in [0.3, 0.4) is 0 Å². The van der Waals surface area contributed by atoms with Gasteiger partial charge in [0.05, 0.1) is 57.0 Å². The molecule has 0 aliphatic rings. The third-order valence-corrected chi connectivity index (χ3v) is 11.1. The molecule has 0 atom stereocenters. The molecular weight excluding hydrogens is 671 g/mol. The molecule has 0 amide bonds. The molecule has 3 aromatic heterocycles. The highest BCUT2D eigenvalue weighted by Gasteiger charge is 2.21. The molecule has 0 N–H and O–H groups in total. The van der Waals surface area contributed by atoms with E-state index in [2.05, 4.69) is 176 Å². The molecule has 0 saturated heterocycles. The number of para-hydroxylation sites is 5. The van der Waals surface area contributed by atoms with Gasteiger partial charge in [-0.1, -0.05) is 103 Å². The number of nitriles is 1. The van der Waals surface area contributed by atoms with Crippen LogP contribution in [0, 0.1) is 17.9 Å². The van der Waals surface area contributed by atoms with Gasteiger partial charge >= 0.3 is 0 Å². The zero-order chi connectivity index (χ0) is 36.6.